The Morgan fingerprint density at radius 1 is 1.12 bits per heavy atom. The maximum absolute atomic E-state index is 8.96. The van der Waals surface area contributed by atoms with Crippen molar-refractivity contribution in [3.8, 4) is 6.07 Å². The minimum atomic E-state index is 0.814. The number of nitrogens with zero attached hydrogens (tertiary/aromatic N) is 1. The van der Waals surface area contributed by atoms with Crippen molar-refractivity contribution in [3.05, 3.63) is 32.9 Å². The zero-order valence-electron chi connectivity index (χ0n) is 10.5. The van der Waals surface area contributed by atoms with Crippen LogP contribution >= 0.6 is 22.6 Å². The van der Waals surface area contributed by atoms with E-state index in [4.69, 9.17) is 5.26 Å². The first-order valence-corrected chi connectivity index (χ1v) is 7.55. The van der Waals surface area contributed by atoms with Crippen molar-refractivity contribution in [1.82, 2.24) is 0 Å². The molecule has 2 heteroatoms. The summed E-state index contributed by atoms with van der Waals surface area (Å²) in [5, 5.41) is 8.96. The van der Waals surface area contributed by atoms with Crippen LogP contribution in [-0.4, -0.2) is 0 Å². The number of hydrogen-bond acceptors (Lipinski definition) is 1. The van der Waals surface area contributed by atoms with Gasteiger partial charge in [-0.25, -0.2) is 0 Å². The number of unbranched alkanes of at least 4 members (excludes halogenated alkanes) is 5. The second kappa shape index (κ2) is 8.52. The summed E-state index contributed by atoms with van der Waals surface area (Å²) in [5.41, 5.74) is 2.15. The molecule has 0 aliphatic rings. The predicted octanol–water partition coefficient (Wildman–Crippen LogP) is 5.07. The van der Waals surface area contributed by atoms with E-state index in [2.05, 4.69) is 41.7 Å². The van der Waals surface area contributed by atoms with E-state index in [1.54, 1.807) is 0 Å². The van der Waals surface area contributed by atoms with Gasteiger partial charge in [0, 0.05) is 3.57 Å². The SMILES string of the molecule is CCCCCCCCc1cccc(C#N)c1I. The fourth-order valence-electron chi connectivity index (χ4n) is 1.96. The third kappa shape index (κ3) is 5.08. The van der Waals surface area contributed by atoms with Crippen LogP contribution in [-0.2, 0) is 6.42 Å². The summed E-state index contributed by atoms with van der Waals surface area (Å²) in [7, 11) is 0. The minimum absolute atomic E-state index is 0.814. The van der Waals surface area contributed by atoms with Gasteiger partial charge in [0.25, 0.3) is 0 Å². The molecule has 0 saturated heterocycles. The number of rotatable bonds is 7. The van der Waals surface area contributed by atoms with E-state index in [1.807, 2.05) is 12.1 Å². The molecule has 0 fully saturated rings. The molecule has 0 atom stereocenters. The van der Waals surface area contributed by atoms with Gasteiger partial charge >= 0.3 is 0 Å². The molecule has 92 valence electrons. The van der Waals surface area contributed by atoms with Crippen LogP contribution in [0.25, 0.3) is 0 Å². The zero-order chi connectivity index (χ0) is 12.5. The molecule has 0 aromatic heterocycles. The number of aryl methyl sites for hydroxylation is 1. The standard InChI is InChI=1S/C15H20IN/c1-2-3-4-5-6-7-9-13-10-8-11-14(12-17)15(13)16/h8,10-11H,2-7,9H2,1H3. The van der Waals surface area contributed by atoms with Crippen LogP contribution in [0.1, 0.15) is 56.6 Å². The fourth-order valence-corrected chi connectivity index (χ4v) is 2.70. The Labute approximate surface area is 118 Å². The second-order valence-corrected chi connectivity index (χ2v) is 5.49. The lowest BCUT2D eigenvalue weighted by Gasteiger charge is -2.05. The van der Waals surface area contributed by atoms with Crippen LogP contribution in [0.3, 0.4) is 0 Å². The molecule has 0 aliphatic carbocycles. The molecule has 0 bridgehead atoms. The third-order valence-corrected chi connectivity index (χ3v) is 4.27. The van der Waals surface area contributed by atoms with Crippen LogP contribution in [0.2, 0.25) is 0 Å². The highest BCUT2D eigenvalue weighted by Gasteiger charge is 2.04. The molecule has 0 N–H and O–H groups in total. The highest BCUT2D eigenvalue weighted by molar-refractivity contribution is 14.1. The highest BCUT2D eigenvalue weighted by Crippen LogP contribution is 2.19. The van der Waals surface area contributed by atoms with Crippen molar-refractivity contribution >= 4 is 22.6 Å². The highest BCUT2D eigenvalue weighted by atomic mass is 127. The summed E-state index contributed by atoms with van der Waals surface area (Å²) in [6, 6.07) is 8.28. The number of nitriles is 1. The summed E-state index contributed by atoms with van der Waals surface area (Å²) in [6.45, 7) is 2.25. The molecule has 0 unspecified atom stereocenters. The lowest BCUT2D eigenvalue weighted by atomic mass is 10.0. The average molecular weight is 341 g/mol. The molecule has 0 aliphatic heterocycles. The molecule has 1 aromatic rings. The van der Waals surface area contributed by atoms with Gasteiger partial charge in [0.15, 0.2) is 0 Å². The van der Waals surface area contributed by atoms with E-state index in [1.165, 1.54) is 44.1 Å². The molecule has 0 amide bonds. The van der Waals surface area contributed by atoms with Crippen LogP contribution < -0.4 is 0 Å². The maximum atomic E-state index is 8.96. The van der Waals surface area contributed by atoms with Gasteiger partial charge in [0.1, 0.15) is 6.07 Å². The summed E-state index contributed by atoms with van der Waals surface area (Å²) in [4.78, 5) is 0. The smallest absolute Gasteiger partial charge is 0.100 e. The molecule has 1 rings (SSSR count). The molecule has 0 heterocycles. The maximum Gasteiger partial charge on any atom is 0.100 e. The van der Waals surface area contributed by atoms with Crippen LogP contribution in [0, 0.1) is 14.9 Å². The fraction of sp³-hybridized carbons (Fsp3) is 0.533. The number of hydrogen-bond donors (Lipinski definition) is 0. The van der Waals surface area contributed by atoms with E-state index in [-0.39, 0.29) is 0 Å². The third-order valence-electron chi connectivity index (χ3n) is 3.00. The van der Waals surface area contributed by atoms with Gasteiger partial charge < -0.3 is 0 Å². The van der Waals surface area contributed by atoms with Gasteiger partial charge in [-0.05, 0) is 47.1 Å². The van der Waals surface area contributed by atoms with Crippen LogP contribution in [0.15, 0.2) is 18.2 Å². The van der Waals surface area contributed by atoms with E-state index < -0.39 is 0 Å². The first-order chi connectivity index (χ1) is 8.29. The molecule has 0 spiro atoms. The topological polar surface area (TPSA) is 23.8 Å². The first kappa shape index (κ1) is 14.5. The van der Waals surface area contributed by atoms with Crippen molar-refractivity contribution in [2.75, 3.05) is 0 Å². The van der Waals surface area contributed by atoms with Gasteiger partial charge in [-0.1, -0.05) is 51.2 Å². The lowest BCUT2D eigenvalue weighted by Crippen LogP contribution is -1.93. The first-order valence-electron chi connectivity index (χ1n) is 6.47. The molecular weight excluding hydrogens is 321 g/mol. The van der Waals surface area contributed by atoms with E-state index in [0.717, 1.165) is 15.6 Å². The van der Waals surface area contributed by atoms with Crippen molar-refractivity contribution < 1.29 is 0 Å². The zero-order valence-corrected chi connectivity index (χ0v) is 12.7. The average Bonchev–Trinajstić information content (AvgIpc) is 2.35. The molecule has 1 aromatic carbocycles. The van der Waals surface area contributed by atoms with Crippen molar-refractivity contribution in [2.24, 2.45) is 0 Å². The van der Waals surface area contributed by atoms with Crippen LogP contribution in [0.5, 0.6) is 0 Å². The summed E-state index contributed by atoms with van der Waals surface area (Å²) < 4.78 is 1.14. The van der Waals surface area contributed by atoms with Crippen molar-refractivity contribution in [3.63, 3.8) is 0 Å². The summed E-state index contributed by atoms with van der Waals surface area (Å²) in [6.07, 6.45) is 9.05. The van der Waals surface area contributed by atoms with Gasteiger partial charge in [0.2, 0.25) is 0 Å². The number of benzene rings is 1. The minimum Gasteiger partial charge on any atom is -0.192 e. The largest absolute Gasteiger partial charge is 0.192 e. The molecular formula is C15H20IN. The van der Waals surface area contributed by atoms with E-state index in [9.17, 15) is 0 Å². The normalized spacial score (nSPS) is 10.2. The van der Waals surface area contributed by atoms with Gasteiger partial charge in [-0.2, -0.15) is 5.26 Å². The Bertz CT molecular complexity index is 379. The Morgan fingerprint density at radius 3 is 2.53 bits per heavy atom. The van der Waals surface area contributed by atoms with Gasteiger partial charge in [0.05, 0.1) is 5.56 Å². The molecule has 17 heavy (non-hydrogen) atoms. The molecule has 0 radical (unpaired) electrons. The van der Waals surface area contributed by atoms with Gasteiger partial charge in [-0.15, -0.1) is 0 Å². The van der Waals surface area contributed by atoms with Crippen molar-refractivity contribution in [2.45, 2.75) is 51.9 Å². The molecule has 1 nitrogen and oxygen atoms in total. The van der Waals surface area contributed by atoms with E-state index in [0.29, 0.717) is 0 Å². The van der Waals surface area contributed by atoms with Crippen molar-refractivity contribution in [1.29, 1.82) is 5.26 Å². The summed E-state index contributed by atoms with van der Waals surface area (Å²) >= 11 is 2.29. The van der Waals surface area contributed by atoms with Gasteiger partial charge in [-0.3, -0.25) is 0 Å². The predicted molar refractivity (Wildman–Crippen MR) is 81.0 cm³/mol. The second-order valence-electron chi connectivity index (χ2n) is 4.41. The quantitative estimate of drug-likeness (QED) is 0.502. The Hall–Kier alpha value is -0.560. The molecule has 0 saturated carbocycles. The monoisotopic (exact) mass is 341 g/mol. The Kier molecular flexibility index (Phi) is 7.27. The van der Waals surface area contributed by atoms with E-state index >= 15 is 0 Å². The lowest BCUT2D eigenvalue weighted by molar-refractivity contribution is 0.607. The van der Waals surface area contributed by atoms with Crippen LogP contribution in [0.4, 0.5) is 0 Å². The summed E-state index contributed by atoms with van der Waals surface area (Å²) in [5.74, 6) is 0. The Balaban J connectivity index is 2.35. The number of halogens is 1. The Morgan fingerprint density at radius 2 is 1.82 bits per heavy atom.